The fraction of sp³-hybridized carbons (Fsp3) is 0.294. The molecule has 0 spiro atoms. The molecule has 6 rings (SSSR count). The highest BCUT2D eigenvalue weighted by molar-refractivity contribution is 5.89. The van der Waals surface area contributed by atoms with Crippen LogP contribution in [0.2, 0.25) is 0 Å². The lowest BCUT2D eigenvalue weighted by molar-refractivity contribution is 0.0600. The summed E-state index contributed by atoms with van der Waals surface area (Å²) in [5, 5.41) is 0. The topological polar surface area (TPSA) is 89.4 Å². The smallest absolute Gasteiger partial charge is 0.337 e. The molecule has 4 aromatic rings. The summed E-state index contributed by atoms with van der Waals surface area (Å²) in [7, 11) is 1.36. The number of esters is 1. The zero-order chi connectivity index (χ0) is 29.6. The molecule has 9 heteroatoms. The maximum Gasteiger partial charge on any atom is 0.337 e. The lowest BCUT2D eigenvalue weighted by atomic mass is 9.98. The number of carbonyl (C=O) groups excluding carboxylic acids is 1. The van der Waals surface area contributed by atoms with Gasteiger partial charge in [-0.1, -0.05) is 36.4 Å². The second-order valence-electron chi connectivity index (χ2n) is 10.8. The third-order valence-corrected chi connectivity index (χ3v) is 7.99. The standard InChI is InChI=1S/C34H35N5O4/c1-24-27(12-15-32(36-24)43-30-13-10-26(11-14-30)33(40)41-2)22-38-19-16-29(17-20-38)39-31(25-7-4-3-5-8-25)23-42-34(39)37-28-9-6-18-35-21-28/h3-15,18,21,29,31H,16-17,19-20,22-23H2,1-2H3/b37-34+. The highest BCUT2D eigenvalue weighted by atomic mass is 16.5. The quantitative estimate of drug-likeness (QED) is 0.233. The molecule has 0 bridgehead atoms. The Morgan fingerprint density at radius 2 is 1.79 bits per heavy atom. The van der Waals surface area contributed by atoms with Crippen molar-refractivity contribution in [3.63, 3.8) is 0 Å². The van der Waals surface area contributed by atoms with Gasteiger partial charge in [-0.15, -0.1) is 0 Å². The van der Waals surface area contributed by atoms with Crippen LogP contribution in [0, 0.1) is 6.92 Å². The molecule has 4 heterocycles. The molecular weight excluding hydrogens is 542 g/mol. The summed E-state index contributed by atoms with van der Waals surface area (Å²) in [4.78, 5) is 30.3. The first-order valence-corrected chi connectivity index (χ1v) is 14.6. The average Bonchev–Trinajstić information content (AvgIpc) is 3.47. The van der Waals surface area contributed by atoms with Crippen LogP contribution in [0.1, 0.15) is 46.1 Å². The second-order valence-corrected chi connectivity index (χ2v) is 10.8. The number of carbonyl (C=O) groups is 1. The van der Waals surface area contributed by atoms with E-state index in [1.165, 1.54) is 18.2 Å². The first-order valence-electron chi connectivity index (χ1n) is 14.6. The second kappa shape index (κ2) is 13.0. The van der Waals surface area contributed by atoms with Crippen molar-refractivity contribution in [3.05, 3.63) is 114 Å². The van der Waals surface area contributed by atoms with E-state index >= 15 is 0 Å². The van der Waals surface area contributed by atoms with Crippen molar-refractivity contribution in [1.82, 2.24) is 19.8 Å². The van der Waals surface area contributed by atoms with Gasteiger partial charge in [-0.3, -0.25) is 9.88 Å². The van der Waals surface area contributed by atoms with Crippen LogP contribution in [-0.2, 0) is 16.0 Å². The Balaban J connectivity index is 1.10. The van der Waals surface area contributed by atoms with Gasteiger partial charge in [0.2, 0.25) is 5.88 Å². The van der Waals surface area contributed by atoms with Gasteiger partial charge in [0.05, 0.1) is 30.6 Å². The van der Waals surface area contributed by atoms with Gasteiger partial charge in [0.25, 0.3) is 6.02 Å². The van der Waals surface area contributed by atoms with Gasteiger partial charge in [0.1, 0.15) is 12.4 Å². The minimum absolute atomic E-state index is 0.129. The van der Waals surface area contributed by atoms with E-state index in [4.69, 9.17) is 24.2 Å². The zero-order valence-corrected chi connectivity index (χ0v) is 24.4. The molecule has 0 aliphatic carbocycles. The summed E-state index contributed by atoms with van der Waals surface area (Å²) >= 11 is 0. The number of rotatable bonds is 8. The van der Waals surface area contributed by atoms with Crippen LogP contribution in [0.5, 0.6) is 11.6 Å². The summed E-state index contributed by atoms with van der Waals surface area (Å²) in [6.45, 7) is 5.36. The predicted octanol–water partition coefficient (Wildman–Crippen LogP) is 6.09. The third-order valence-electron chi connectivity index (χ3n) is 7.99. The van der Waals surface area contributed by atoms with Crippen molar-refractivity contribution < 1.29 is 19.0 Å². The Bertz CT molecular complexity index is 1560. The largest absolute Gasteiger partial charge is 0.465 e. The number of hydrogen-bond donors (Lipinski definition) is 0. The highest BCUT2D eigenvalue weighted by Crippen LogP contribution is 2.34. The van der Waals surface area contributed by atoms with E-state index in [9.17, 15) is 4.79 Å². The third kappa shape index (κ3) is 6.67. The Labute approximate surface area is 251 Å². The molecule has 2 fully saturated rings. The lowest BCUT2D eigenvalue weighted by Crippen LogP contribution is -2.46. The van der Waals surface area contributed by atoms with Crippen LogP contribution < -0.4 is 4.74 Å². The fourth-order valence-electron chi connectivity index (χ4n) is 5.69. The van der Waals surface area contributed by atoms with E-state index in [0.717, 1.165) is 43.9 Å². The minimum Gasteiger partial charge on any atom is -0.465 e. The molecule has 2 aromatic heterocycles. The van der Waals surface area contributed by atoms with Gasteiger partial charge in [0.15, 0.2) is 0 Å². The van der Waals surface area contributed by atoms with Gasteiger partial charge in [-0.05, 0) is 67.3 Å². The Kier molecular flexibility index (Phi) is 8.60. The fourth-order valence-corrected chi connectivity index (χ4v) is 5.69. The van der Waals surface area contributed by atoms with E-state index in [1.54, 1.807) is 36.7 Å². The van der Waals surface area contributed by atoms with Crippen LogP contribution in [0.3, 0.4) is 0 Å². The molecule has 2 aromatic carbocycles. The predicted molar refractivity (Wildman–Crippen MR) is 163 cm³/mol. The van der Waals surface area contributed by atoms with Gasteiger partial charge < -0.3 is 19.1 Å². The molecule has 43 heavy (non-hydrogen) atoms. The van der Waals surface area contributed by atoms with Gasteiger partial charge in [-0.2, -0.15) is 4.99 Å². The number of methoxy groups -OCH3 is 1. The first kappa shape index (κ1) is 28.4. The maximum absolute atomic E-state index is 11.7. The summed E-state index contributed by atoms with van der Waals surface area (Å²) < 4.78 is 16.9. The first-order chi connectivity index (χ1) is 21.1. The number of amidine groups is 1. The van der Waals surface area contributed by atoms with Gasteiger partial charge in [-0.25, -0.2) is 9.78 Å². The van der Waals surface area contributed by atoms with E-state index in [0.29, 0.717) is 35.9 Å². The number of piperidine rings is 1. The maximum atomic E-state index is 11.7. The molecule has 1 unspecified atom stereocenters. The molecule has 9 nitrogen and oxygen atoms in total. The summed E-state index contributed by atoms with van der Waals surface area (Å²) in [6.07, 6.45) is 5.53. The SMILES string of the molecule is COC(=O)c1ccc(Oc2ccc(CN3CCC(N4/C(=N\c5cccnc5)OCC4c4ccccc4)CC3)c(C)n2)cc1. The minimum atomic E-state index is -0.378. The van der Waals surface area contributed by atoms with Crippen LogP contribution in [-0.4, -0.2) is 64.6 Å². The molecule has 2 aliphatic heterocycles. The average molecular weight is 578 g/mol. The molecule has 0 saturated carbocycles. The Morgan fingerprint density at radius 1 is 1.00 bits per heavy atom. The number of aliphatic imine (C=N–C) groups is 1. The molecule has 0 N–H and O–H groups in total. The molecule has 1 atom stereocenters. The number of pyridine rings is 2. The molecular formula is C34H35N5O4. The number of hydrogen-bond acceptors (Lipinski definition) is 8. The number of nitrogens with zero attached hydrogens (tertiary/aromatic N) is 5. The van der Waals surface area contributed by atoms with Crippen molar-refractivity contribution in [2.45, 2.75) is 38.4 Å². The van der Waals surface area contributed by atoms with Crippen LogP contribution >= 0.6 is 0 Å². The van der Waals surface area contributed by atoms with Gasteiger partial charge >= 0.3 is 5.97 Å². The van der Waals surface area contributed by atoms with Crippen LogP contribution in [0.4, 0.5) is 5.69 Å². The highest BCUT2D eigenvalue weighted by Gasteiger charge is 2.39. The van der Waals surface area contributed by atoms with Crippen LogP contribution in [0.25, 0.3) is 0 Å². The van der Waals surface area contributed by atoms with E-state index in [-0.39, 0.29) is 12.0 Å². The summed E-state index contributed by atoms with van der Waals surface area (Å²) in [5.74, 6) is 0.754. The molecule has 220 valence electrons. The van der Waals surface area contributed by atoms with E-state index in [2.05, 4.69) is 45.1 Å². The number of ether oxygens (including phenoxy) is 3. The Hall–Kier alpha value is -4.76. The normalized spacial score (nSPS) is 18.4. The van der Waals surface area contributed by atoms with Gasteiger partial charge in [0, 0.05) is 43.6 Å². The van der Waals surface area contributed by atoms with Crippen molar-refractivity contribution in [1.29, 1.82) is 0 Å². The van der Waals surface area contributed by atoms with Crippen molar-refractivity contribution >= 4 is 17.7 Å². The van der Waals surface area contributed by atoms with Crippen molar-refractivity contribution in [2.75, 3.05) is 26.8 Å². The number of benzene rings is 2. The lowest BCUT2D eigenvalue weighted by Gasteiger charge is -2.39. The van der Waals surface area contributed by atoms with Crippen molar-refractivity contribution in [2.24, 2.45) is 4.99 Å². The van der Waals surface area contributed by atoms with Crippen LogP contribution in [0.15, 0.2) is 96.2 Å². The number of likely N-dealkylation sites (tertiary alicyclic amines) is 1. The van der Waals surface area contributed by atoms with E-state index < -0.39 is 0 Å². The van der Waals surface area contributed by atoms with E-state index in [1.807, 2.05) is 31.2 Å². The van der Waals surface area contributed by atoms with Crippen molar-refractivity contribution in [3.8, 4) is 11.6 Å². The number of aromatic nitrogens is 2. The molecule has 0 radical (unpaired) electrons. The monoisotopic (exact) mass is 577 g/mol. The summed E-state index contributed by atoms with van der Waals surface area (Å²) in [6, 6.07) is 26.3. The summed E-state index contributed by atoms with van der Waals surface area (Å²) in [5.41, 5.74) is 4.63. The zero-order valence-electron chi connectivity index (χ0n) is 24.4. The Morgan fingerprint density at radius 3 is 2.49 bits per heavy atom. The molecule has 0 amide bonds. The molecule has 2 aliphatic rings. The number of aryl methyl sites for hydroxylation is 1. The molecule has 2 saturated heterocycles.